The molecule has 1 aromatic carbocycles. The van der Waals surface area contributed by atoms with Gasteiger partial charge in [-0.05, 0) is 49.2 Å². The second-order valence-electron chi connectivity index (χ2n) is 6.44. The number of aryl methyl sites for hydroxylation is 2. The summed E-state index contributed by atoms with van der Waals surface area (Å²) in [5.41, 5.74) is 2.86. The van der Waals surface area contributed by atoms with Crippen LogP contribution in [0.3, 0.4) is 0 Å². The van der Waals surface area contributed by atoms with Crippen molar-refractivity contribution in [1.82, 2.24) is 15.1 Å². The number of nitrogens with one attached hydrogen (secondary N) is 2. The summed E-state index contributed by atoms with van der Waals surface area (Å²) in [5.74, 6) is 0.949. The molecule has 26 heavy (non-hydrogen) atoms. The van der Waals surface area contributed by atoms with Crippen LogP contribution >= 0.6 is 0 Å². The van der Waals surface area contributed by atoms with Gasteiger partial charge in [-0.3, -0.25) is 9.69 Å². The molecule has 0 unspecified atom stereocenters. The maximum absolute atomic E-state index is 12.3. The van der Waals surface area contributed by atoms with Gasteiger partial charge in [0.1, 0.15) is 5.82 Å². The van der Waals surface area contributed by atoms with Gasteiger partial charge >= 0.3 is 0 Å². The molecule has 2 aromatic rings. The Morgan fingerprint density at radius 1 is 1.08 bits per heavy atom. The molecule has 3 rings (SSSR count). The highest BCUT2D eigenvalue weighted by molar-refractivity contribution is 6.03. The van der Waals surface area contributed by atoms with Crippen LogP contribution in [-0.4, -0.2) is 60.4 Å². The van der Waals surface area contributed by atoms with E-state index in [0.717, 1.165) is 50.5 Å². The first-order valence-corrected chi connectivity index (χ1v) is 8.88. The molecule has 0 aliphatic carbocycles. The molecule has 0 saturated carbocycles. The van der Waals surface area contributed by atoms with E-state index in [1.54, 1.807) is 6.07 Å². The van der Waals surface area contributed by atoms with E-state index in [1.807, 2.05) is 38.1 Å². The van der Waals surface area contributed by atoms with Gasteiger partial charge < -0.3 is 15.4 Å². The Morgan fingerprint density at radius 2 is 1.81 bits per heavy atom. The van der Waals surface area contributed by atoms with Crippen molar-refractivity contribution in [3.8, 4) is 0 Å². The highest BCUT2D eigenvalue weighted by atomic mass is 16.5. The predicted octanol–water partition coefficient (Wildman–Crippen LogP) is 2.09. The van der Waals surface area contributed by atoms with Crippen molar-refractivity contribution >= 4 is 17.5 Å². The lowest BCUT2D eigenvalue weighted by molar-refractivity contribution is 0.0398. The van der Waals surface area contributed by atoms with Crippen molar-refractivity contribution in [3.05, 3.63) is 47.0 Å². The fourth-order valence-corrected chi connectivity index (χ4v) is 2.73. The monoisotopic (exact) mass is 355 g/mol. The van der Waals surface area contributed by atoms with Crippen LogP contribution in [0.25, 0.3) is 0 Å². The zero-order valence-corrected chi connectivity index (χ0v) is 15.3. The predicted molar refractivity (Wildman–Crippen MR) is 102 cm³/mol. The first kappa shape index (κ1) is 18.3. The van der Waals surface area contributed by atoms with Gasteiger partial charge in [-0.25, -0.2) is 0 Å². The summed E-state index contributed by atoms with van der Waals surface area (Å²) in [4.78, 5) is 14.6. The zero-order valence-electron chi connectivity index (χ0n) is 15.3. The fourth-order valence-electron chi connectivity index (χ4n) is 2.73. The summed E-state index contributed by atoms with van der Waals surface area (Å²) in [7, 11) is 0. The zero-order chi connectivity index (χ0) is 18.4. The molecule has 1 aromatic heterocycles. The molecule has 1 aliphatic heterocycles. The maximum Gasteiger partial charge on any atom is 0.256 e. The standard InChI is InChI=1S/C19H25N5O2/c1-14-3-4-16(13-15(14)2)19(25)21-18-6-5-17(22-23-18)20-7-8-24-9-11-26-12-10-24/h3-6,13H,7-12H2,1-2H3,(H,20,22)(H,21,23,25). The number of benzene rings is 1. The molecular weight excluding hydrogens is 330 g/mol. The summed E-state index contributed by atoms with van der Waals surface area (Å²) in [6.45, 7) is 9.28. The molecule has 7 heteroatoms. The largest absolute Gasteiger partial charge is 0.379 e. The second-order valence-corrected chi connectivity index (χ2v) is 6.44. The average molecular weight is 355 g/mol. The number of carbonyl (C=O) groups excluding carboxylic acids is 1. The van der Waals surface area contributed by atoms with Crippen LogP contribution in [0.5, 0.6) is 0 Å². The lowest BCUT2D eigenvalue weighted by Crippen LogP contribution is -2.39. The van der Waals surface area contributed by atoms with Crippen LogP contribution in [0.4, 0.5) is 11.6 Å². The van der Waals surface area contributed by atoms with E-state index in [-0.39, 0.29) is 5.91 Å². The first-order chi connectivity index (χ1) is 12.6. The van der Waals surface area contributed by atoms with Crippen molar-refractivity contribution < 1.29 is 9.53 Å². The molecule has 0 spiro atoms. The van der Waals surface area contributed by atoms with Gasteiger partial charge in [0.2, 0.25) is 0 Å². The van der Waals surface area contributed by atoms with Gasteiger partial charge in [-0.15, -0.1) is 10.2 Å². The van der Waals surface area contributed by atoms with Gasteiger partial charge in [0.25, 0.3) is 5.91 Å². The number of ether oxygens (including phenoxy) is 1. The van der Waals surface area contributed by atoms with Crippen LogP contribution in [0.2, 0.25) is 0 Å². The van der Waals surface area contributed by atoms with E-state index in [9.17, 15) is 4.79 Å². The van der Waals surface area contributed by atoms with Gasteiger partial charge in [-0.1, -0.05) is 6.07 Å². The Morgan fingerprint density at radius 3 is 2.50 bits per heavy atom. The first-order valence-electron chi connectivity index (χ1n) is 8.88. The molecule has 138 valence electrons. The minimum absolute atomic E-state index is 0.185. The topological polar surface area (TPSA) is 79.4 Å². The van der Waals surface area contributed by atoms with Crippen LogP contribution in [0.1, 0.15) is 21.5 Å². The van der Waals surface area contributed by atoms with Crippen molar-refractivity contribution in [1.29, 1.82) is 0 Å². The van der Waals surface area contributed by atoms with Crippen molar-refractivity contribution in [2.75, 3.05) is 50.0 Å². The van der Waals surface area contributed by atoms with Crippen LogP contribution in [0, 0.1) is 13.8 Å². The van der Waals surface area contributed by atoms with E-state index in [4.69, 9.17) is 4.74 Å². The quantitative estimate of drug-likeness (QED) is 0.826. The number of morpholine rings is 1. The number of anilines is 2. The summed E-state index contributed by atoms with van der Waals surface area (Å²) in [5, 5.41) is 14.2. The Hall–Kier alpha value is -2.51. The SMILES string of the molecule is Cc1ccc(C(=O)Nc2ccc(NCCN3CCOCC3)nn2)cc1C. The number of hydrogen-bond donors (Lipinski definition) is 2. The average Bonchev–Trinajstić information content (AvgIpc) is 2.66. The van der Waals surface area contributed by atoms with Crippen molar-refractivity contribution in [2.24, 2.45) is 0 Å². The van der Waals surface area contributed by atoms with E-state index >= 15 is 0 Å². The van der Waals surface area contributed by atoms with Crippen LogP contribution in [-0.2, 0) is 4.74 Å². The molecule has 1 fully saturated rings. The summed E-state index contributed by atoms with van der Waals surface area (Å²) >= 11 is 0. The number of nitrogens with zero attached hydrogens (tertiary/aromatic N) is 3. The molecular formula is C19H25N5O2. The van der Waals surface area contributed by atoms with E-state index in [0.29, 0.717) is 17.2 Å². The third-order valence-electron chi connectivity index (χ3n) is 4.51. The van der Waals surface area contributed by atoms with Crippen molar-refractivity contribution in [3.63, 3.8) is 0 Å². The molecule has 1 amide bonds. The van der Waals surface area contributed by atoms with Gasteiger partial charge in [0.15, 0.2) is 5.82 Å². The number of hydrogen-bond acceptors (Lipinski definition) is 6. The highest BCUT2D eigenvalue weighted by Crippen LogP contribution is 2.12. The Bertz CT molecular complexity index is 742. The molecule has 0 radical (unpaired) electrons. The summed E-state index contributed by atoms with van der Waals surface area (Å²) < 4.78 is 5.33. The lowest BCUT2D eigenvalue weighted by Gasteiger charge is -2.26. The van der Waals surface area contributed by atoms with E-state index in [1.165, 1.54) is 0 Å². The minimum atomic E-state index is -0.185. The van der Waals surface area contributed by atoms with Gasteiger partial charge in [0, 0.05) is 31.7 Å². The van der Waals surface area contributed by atoms with E-state index < -0.39 is 0 Å². The second kappa shape index (κ2) is 8.73. The number of rotatable bonds is 6. The molecule has 1 saturated heterocycles. The van der Waals surface area contributed by atoms with Gasteiger partial charge in [-0.2, -0.15) is 0 Å². The summed E-state index contributed by atoms with van der Waals surface area (Å²) in [6.07, 6.45) is 0. The Labute approximate surface area is 153 Å². The number of amides is 1. The lowest BCUT2D eigenvalue weighted by atomic mass is 10.1. The maximum atomic E-state index is 12.3. The molecule has 0 bridgehead atoms. The third kappa shape index (κ3) is 5.00. The summed E-state index contributed by atoms with van der Waals surface area (Å²) in [6, 6.07) is 9.20. The Kier molecular flexibility index (Phi) is 6.14. The minimum Gasteiger partial charge on any atom is -0.379 e. The molecule has 0 atom stereocenters. The number of aromatic nitrogens is 2. The fraction of sp³-hybridized carbons (Fsp3) is 0.421. The smallest absolute Gasteiger partial charge is 0.256 e. The Balaban J connectivity index is 1.49. The normalized spacial score (nSPS) is 14.8. The molecule has 7 nitrogen and oxygen atoms in total. The molecule has 2 N–H and O–H groups in total. The van der Waals surface area contributed by atoms with Crippen LogP contribution in [0.15, 0.2) is 30.3 Å². The number of carbonyl (C=O) groups is 1. The highest BCUT2D eigenvalue weighted by Gasteiger charge is 2.10. The van der Waals surface area contributed by atoms with Gasteiger partial charge in [0.05, 0.1) is 13.2 Å². The third-order valence-corrected chi connectivity index (χ3v) is 4.51. The van der Waals surface area contributed by atoms with Crippen LogP contribution < -0.4 is 10.6 Å². The van der Waals surface area contributed by atoms with E-state index in [2.05, 4.69) is 25.7 Å². The molecule has 1 aliphatic rings. The molecule has 2 heterocycles. The van der Waals surface area contributed by atoms with Crippen molar-refractivity contribution in [2.45, 2.75) is 13.8 Å².